The second kappa shape index (κ2) is 12.9. The van der Waals surface area contributed by atoms with Crippen LogP contribution in [0.4, 0.5) is 15.9 Å². The number of amides is 1. The van der Waals surface area contributed by atoms with Gasteiger partial charge < -0.3 is 29.7 Å². The number of hydrogen-bond donors (Lipinski definition) is 2. The average molecular weight is 623 g/mol. The SMILES string of the molecule is Nc1ncnc2c1c(-c1ccc(NC(=O)c3cn(CC4CCOCC4)cc(-c4ccc(F)cc4)c3=O)cc1)cn2C1CCOCC1. The first-order chi connectivity index (χ1) is 22.4. The van der Waals surface area contributed by atoms with Crippen molar-refractivity contribution < 1.29 is 18.7 Å². The molecule has 1 amide bonds. The maximum atomic E-state index is 13.7. The molecule has 2 aliphatic rings. The van der Waals surface area contributed by atoms with E-state index in [-0.39, 0.29) is 11.6 Å². The van der Waals surface area contributed by atoms with Gasteiger partial charge in [-0.15, -0.1) is 0 Å². The van der Waals surface area contributed by atoms with E-state index in [9.17, 15) is 14.0 Å². The molecule has 5 heterocycles. The lowest BCUT2D eigenvalue weighted by molar-refractivity contribution is 0.0612. The number of benzene rings is 2. The van der Waals surface area contributed by atoms with Crippen molar-refractivity contribution in [2.45, 2.75) is 38.3 Å². The van der Waals surface area contributed by atoms with Gasteiger partial charge in [-0.2, -0.15) is 0 Å². The Morgan fingerprint density at radius 3 is 2.24 bits per heavy atom. The number of rotatable bonds is 7. The summed E-state index contributed by atoms with van der Waals surface area (Å²) in [4.78, 5) is 36.1. The van der Waals surface area contributed by atoms with Gasteiger partial charge in [-0.1, -0.05) is 24.3 Å². The third-order valence-electron chi connectivity index (χ3n) is 8.97. The Kier molecular flexibility index (Phi) is 8.33. The highest BCUT2D eigenvalue weighted by molar-refractivity contribution is 6.05. The average Bonchev–Trinajstić information content (AvgIpc) is 3.48. The van der Waals surface area contributed by atoms with Crippen LogP contribution in [0.1, 0.15) is 42.1 Å². The summed E-state index contributed by atoms with van der Waals surface area (Å²) in [5.74, 6) is -0.151. The van der Waals surface area contributed by atoms with Crippen molar-refractivity contribution in [2.75, 3.05) is 37.5 Å². The number of fused-ring (bicyclic) bond motifs is 1. The Morgan fingerprint density at radius 1 is 0.870 bits per heavy atom. The summed E-state index contributed by atoms with van der Waals surface area (Å²) in [5, 5.41) is 3.69. The number of carbonyl (C=O) groups is 1. The number of carbonyl (C=O) groups excluding carboxylic acids is 1. The lowest BCUT2D eigenvalue weighted by atomic mass is 9.99. The Labute approximate surface area is 265 Å². The van der Waals surface area contributed by atoms with Crippen molar-refractivity contribution in [2.24, 2.45) is 5.92 Å². The van der Waals surface area contributed by atoms with E-state index in [0.29, 0.717) is 61.5 Å². The van der Waals surface area contributed by atoms with E-state index in [4.69, 9.17) is 15.2 Å². The zero-order valence-corrected chi connectivity index (χ0v) is 25.3. The predicted octanol–water partition coefficient (Wildman–Crippen LogP) is 5.68. The summed E-state index contributed by atoms with van der Waals surface area (Å²) < 4.78 is 28.8. The number of anilines is 2. The molecule has 7 rings (SSSR count). The third kappa shape index (κ3) is 6.03. The first kappa shape index (κ1) is 29.8. The summed E-state index contributed by atoms with van der Waals surface area (Å²) in [6.45, 7) is 3.41. The van der Waals surface area contributed by atoms with Crippen molar-refractivity contribution >= 4 is 28.4 Å². The quantitative estimate of drug-likeness (QED) is 0.239. The lowest BCUT2D eigenvalue weighted by Crippen LogP contribution is -2.26. The molecule has 0 atom stereocenters. The molecule has 0 bridgehead atoms. The molecule has 0 aliphatic carbocycles. The molecule has 2 aromatic carbocycles. The molecule has 3 aromatic heterocycles. The van der Waals surface area contributed by atoms with Gasteiger partial charge in [0, 0.05) is 74.4 Å². The maximum Gasteiger partial charge on any atom is 0.261 e. The first-order valence-corrected chi connectivity index (χ1v) is 15.6. The predicted molar refractivity (Wildman–Crippen MR) is 174 cm³/mol. The number of nitrogen functional groups attached to an aromatic ring is 1. The molecule has 46 heavy (non-hydrogen) atoms. The fourth-order valence-corrected chi connectivity index (χ4v) is 6.46. The van der Waals surface area contributed by atoms with Crippen LogP contribution in [-0.2, 0) is 16.0 Å². The summed E-state index contributed by atoms with van der Waals surface area (Å²) in [6.07, 6.45) is 10.5. The van der Waals surface area contributed by atoms with Gasteiger partial charge in [0.1, 0.15) is 29.2 Å². The second-order valence-electron chi connectivity index (χ2n) is 12.0. The zero-order valence-electron chi connectivity index (χ0n) is 25.3. The standard InChI is InChI=1S/C35H35FN6O4/c36-25-5-1-24(2-6-25)29-18-41(17-22-9-13-45-14-10-22)19-30(32(29)43)35(44)40-26-7-3-23(4-8-26)28-20-42(27-11-15-46-16-12-27)34-31(28)33(37)38-21-39-34/h1-8,18-22,27H,9-17H2,(H,40,44)(H2,37,38,39). The normalized spacial score (nSPS) is 16.1. The lowest BCUT2D eigenvalue weighted by Gasteiger charge is -2.24. The molecule has 11 heteroatoms. The van der Waals surface area contributed by atoms with Gasteiger partial charge in [0.25, 0.3) is 5.91 Å². The molecule has 3 N–H and O–H groups in total. The third-order valence-corrected chi connectivity index (χ3v) is 8.97. The Morgan fingerprint density at radius 2 is 1.52 bits per heavy atom. The van der Waals surface area contributed by atoms with Crippen LogP contribution in [0.25, 0.3) is 33.3 Å². The number of nitrogens with one attached hydrogen (secondary N) is 1. The number of ether oxygens (including phenoxy) is 2. The van der Waals surface area contributed by atoms with Gasteiger partial charge in [0.2, 0.25) is 5.43 Å². The summed E-state index contributed by atoms with van der Waals surface area (Å²) in [7, 11) is 0. The number of hydrogen-bond acceptors (Lipinski definition) is 7. The van der Waals surface area contributed by atoms with Gasteiger partial charge in [0.05, 0.1) is 5.39 Å². The van der Waals surface area contributed by atoms with Crippen LogP contribution in [0, 0.1) is 11.7 Å². The number of nitrogens with two attached hydrogens (primary N) is 1. The smallest absolute Gasteiger partial charge is 0.261 e. The summed E-state index contributed by atoms with van der Waals surface area (Å²) in [6, 6.07) is 13.4. The van der Waals surface area contributed by atoms with E-state index in [1.165, 1.54) is 18.5 Å². The van der Waals surface area contributed by atoms with E-state index in [1.807, 2.05) is 16.7 Å². The molecule has 0 saturated carbocycles. The van der Waals surface area contributed by atoms with Crippen LogP contribution in [0.3, 0.4) is 0 Å². The molecule has 0 unspecified atom stereocenters. The fraction of sp³-hybridized carbons (Fsp3) is 0.314. The van der Waals surface area contributed by atoms with Crippen molar-refractivity contribution in [3.63, 3.8) is 0 Å². The Balaban J connectivity index is 1.18. The molecule has 10 nitrogen and oxygen atoms in total. The minimum absolute atomic E-state index is 0.0161. The van der Waals surface area contributed by atoms with Crippen LogP contribution >= 0.6 is 0 Å². The molecule has 5 aromatic rings. The van der Waals surface area contributed by atoms with Crippen LogP contribution in [0.15, 0.2) is 78.2 Å². The molecular weight excluding hydrogens is 587 g/mol. The van der Waals surface area contributed by atoms with Gasteiger partial charge in [-0.25, -0.2) is 14.4 Å². The molecule has 2 aliphatic heterocycles. The molecule has 236 valence electrons. The second-order valence-corrected chi connectivity index (χ2v) is 12.0. The van der Waals surface area contributed by atoms with Crippen LogP contribution in [0.2, 0.25) is 0 Å². The molecule has 0 radical (unpaired) electrons. The van der Waals surface area contributed by atoms with E-state index in [1.54, 1.807) is 36.7 Å². The fourth-order valence-electron chi connectivity index (χ4n) is 6.46. The van der Waals surface area contributed by atoms with E-state index in [0.717, 1.165) is 47.8 Å². The highest BCUT2D eigenvalue weighted by Gasteiger charge is 2.23. The highest BCUT2D eigenvalue weighted by atomic mass is 19.1. The Bertz CT molecular complexity index is 1920. The van der Waals surface area contributed by atoms with E-state index >= 15 is 0 Å². The van der Waals surface area contributed by atoms with Crippen molar-refractivity contribution in [3.05, 3.63) is 95.1 Å². The largest absolute Gasteiger partial charge is 0.383 e. The van der Waals surface area contributed by atoms with Crippen LogP contribution in [-0.4, -0.2) is 51.4 Å². The first-order valence-electron chi connectivity index (χ1n) is 15.6. The van der Waals surface area contributed by atoms with Crippen molar-refractivity contribution in [1.29, 1.82) is 0 Å². The number of halogens is 1. The Hall–Kier alpha value is -4.87. The van der Waals surface area contributed by atoms with Crippen molar-refractivity contribution in [1.82, 2.24) is 19.1 Å². The van der Waals surface area contributed by atoms with Crippen LogP contribution in [0.5, 0.6) is 0 Å². The number of pyridine rings is 1. The van der Waals surface area contributed by atoms with E-state index in [2.05, 4.69) is 26.0 Å². The molecule has 0 spiro atoms. The van der Waals surface area contributed by atoms with Crippen LogP contribution < -0.4 is 16.5 Å². The topological polar surface area (TPSA) is 126 Å². The van der Waals surface area contributed by atoms with Gasteiger partial charge in [-0.3, -0.25) is 9.59 Å². The molecular formula is C35H35FN6O4. The zero-order chi connectivity index (χ0) is 31.6. The number of nitrogens with zero attached hydrogens (tertiary/aromatic N) is 4. The minimum atomic E-state index is -0.517. The highest BCUT2D eigenvalue weighted by Crippen LogP contribution is 2.36. The molecule has 2 saturated heterocycles. The van der Waals surface area contributed by atoms with Crippen molar-refractivity contribution in [3.8, 4) is 22.3 Å². The van der Waals surface area contributed by atoms with Gasteiger partial charge >= 0.3 is 0 Å². The van der Waals surface area contributed by atoms with Gasteiger partial charge in [-0.05, 0) is 67.0 Å². The number of aromatic nitrogens is 4. The van der Waals surface area contributed by atoms with Gasteiger partial charge in [0.15, 0.2) is 0 Å². The van der Waals surface area contributed by atoms with E-state index < -0.39 is 17.2 Å². The maximum absolute atomic E-state index is 13.7. The summed E-state index contributed by atoms with van der Waals surface area (Å²) in [5.41, 5.74) is 9.95. The minimum Gasteiger partial charge on any atom is -0.383 e. The molecule has 2 fully saturated rings. The monoisotopic (exact) mass is 622 g/mol. The summed E-state index contributed by atoms with van der Waals surface area (Å²) >= 11 is 0.